The lowest BCUT2D eigenvalue weighted by molar-refractivity contribution is -0.130. The number of hydrogen-bond acceptors (Lipinski definition) is 4. The standard InChI is InChI=1S/C14H21NO.C14H19NO.CH4.H2/c2*1-13(2)11-6-4-5-7-14(11,3)8-10(9-15)12(13)16;;/h11,16H,4-8H2,1-3H3;8,11H,4-7H2,1-3H3;1H4;1H/t2*11-,14-;;/m00../s1/i;;;1+1D. The highest BCUT2D eigenvalue weighted by atomic mass is 16.3. The van der Waals surface area contributed by atoms with Crippen LogP contribution in [0.3, 0.4) is 0 Å². The first-order valence-electron chi connectivity index (χ1n) is 13.3. The monoisotopic (exact) mass is 456 g/mol. The second-order valence-corrected chi connectivity index (χ2v) is 12.3. The fraction of sp³-hybridized carbons (Fsp3) is 0.759. The minimum absolute atomic E-state index is 0. The van der Waals surface area contributed by atoms with Crippen molar-refractivity contribution in [1.29, 1.82) is 10.5 Å². The lowest BCUT2D eigenvalue weighted by Crippen LogP contribution is -2.47. The Labute approximate surface area is 204 Å². The van der Waals surface area contributed by atoms with E-state index in [1.807, 2.05) is 19.9 Å². The number of ketones is 1. The van der Waals surface area contributed by atoms with Crippen LogP contribution in [-0.2, 0) is 4.79 Å². The molecule has 0 heterocycles. The first-order chi connectivity index (χ1) is 15.8. The second-order valence-electron chi connectivity index (χ2n) is 12.3. The third kappa shape index (κ3) is 4.51. The molecule has 2 fully saturated rings. The molecule has 1 N–H and O–H groups in total. The third-order valence-electron chi connectivity index (χ3n) is 9.36. The van der Waals surface area contributed by atoms with Crippen LogP contribution in [0.25, 0.3) is 0 Å². The fourth-order valence-corrected chi connectivity index (χ4v) is 7.68. The van der Waals surface area contributed by atoms with Gasteiger partial charge in [0.25, 0.3) is 0 Å². The summed E-state index contributed by atoms with van der Waals surface area (Å²) in [5, 5.41) is 28.4. The summed E-state index contributed by atoms with van der Waals surface area (Å²) in [6.45, 7) is 12.7. The van der Waals surface area contributed by atoms with Crippen LogP contribution in [0.1, 0.15) is 110 Å². The van der Waals surface area contributed by atoms with Crippen molar-refractivity contribution in [2.45, 2.75) is 107 Å². The number of Topliss-reactive ketones (excluding diaryl/α,β-unsaturated/α-hetero) is 1. The molecule has 0 saturated heterocycles. The molecule has 0 aromatic rings. The van der Waals surface area contributed by atoms with Crippen molar-refractivity contribution in [2.24, 2.45) is 33.5 Å². The molecule has 0 unspecified atom stereocenters. The van der Waals surface area contributed by atoms with Gasteiger partial charge in [-0.2, -0.15) is 10.5 Å². The van der Waals surface area contributed by atoms with Crippen LogP contribution >= 0.6 is 0 Å². The van der Waals surface area contributed by atoms with E-state index < -0.39 is 0 Å². The van der Waals surface area contributed by atoms with Crippen LogP contribution < -0.4 is 0 Å². The molecule has 0 aromatic carbocycles. The van der Waals surface area contributed by atoms with Crippen LogP contribution in [0.15, 0.2) is 23.0 Å². The maximum absolute atomic E-state index is 12.2. The maximum atomic E-state index is 12.2. The third-order valence-corrected chi connectivity index (χ3v) is 9.36. The van der Waals surface area contributed by atoms with Gasteiger partial charge < -0.3 is 5.11 Å². The molecule has 4 heteroatoms. The van der Waals surface area contributed by atoms with Crippen LogP contribution in [0, 0.1) is 56.2 Å². The van der Waals surface area contributed by atoms with Crippen molar-refractivity contribution in [3.05, 3.63) is 23.0 Å². The topological polar surface area (TPSA) is 84.9 Å². The van der Waals surface area contributed by atoms with Gasteiger partial charge in [0.05, 0.1) is 17.2 Å². The lowest BCUT2D eigenvalue weighted by Gasteiger charge is -2.52. The Morgan fingerprint density at radius 1 is 0.939 bits per heavy atom. The average Bonchev–Trinajstić information content (AvgIpc) is 2.80. The van der Waals surface area contributed by atoms with Crippen LogP contribution in [0.2, 0.25) is 0 Å². The minimum Gasteiger partial charge on any atom is -0.511 e. The van der Waals surface area contributed by atoms with Crippen molar-refractivity contribution in [2.75, 3.05) is 0 Å². The Balaban J connectivity index is 0.000000318. The van der Waals surface area contributed by atoms with Gasteiger partial charge in [-0.15, -0.1) is 0 Å². The molecular weight excluding hydrogens is 408 g/mol. The number of aliphatic hydroxyl groups excluding tert-OH is 1. The van der Waals surface area contributed by atoms with Crippen molar-refractivity contribution in [3.63, 3.8) is 0 Å². The predicted molar refractivity (Wildman–Crippen MR) is 135 cm³/mol. The van der Waals surface area contributed by atoms with Gasteiger partial charge in [-0.25, -0.2) is 0 Å². The molecule has 0 bridgehead atoms. The molecule has 4 rings (SSSR count). The van der Waals surface area contributed by atoms with Gasteiger partial charge in [0.2, 0.25) is 0 Å². The fourth-order valence-electron chi connectivity index (χ4n) is 7.68. The molecule has 0 aliphatic heterocycles. The Kier molecular flexibility index (Phi) is 7.19. The molecule has 0 aromatic heterocycles. The number of nitriles is 2. The van der Waals surface area contributed by atoms with Gasteiger partial charge in [0.15, 0.2) is 5.78 Å². The van der Waals surface area contributed by atoms with Gasteiger partial charge >= 0.3 is 0 Å². The highest BCUT2D eigenvalue weighted by molar-refractivity contribution is 6.04. The van der Waals surface area contributed by atoms with E-state index in [0.29, 0.717) is 28.7 Å². The van der Waals surface area contributed by atoms with Crippen LogP contribution in [0.5, 0.6) is 0 Å². The summed E-state index contributed by atoms with van der Waals surface area (Å²) in [4.78, 5) is 12.2. The summed E-state index contributed by atoms with van der Waals surface area (Å²) >= 11 is 0. The smallest absolute Gasteiger partial charge is 0.178 e. The summed E-state index contributed by atoms with van der Waals surface area (Å²) in [6, 6.07) is 4.28. The lowest BCUT2D eigenvalue weighted by atomic mass is 9.52. The van der Waals surface area contributed by atoms with E-state index in [1.54, 1.807) is 0 Å². The predicted octanol–water partition coefficient (Wildman–Crippen LogP) is 8.07. The minimum atomic E-state index is -0.366. The highest BCUT2D eigenvalue weighted by Crippen LogP contribution is 2.59. The number of aliphatic hydroxyl groups is 1. The Morgan fingerprint density at radius 3 is 2.09 bits per heavy atom. The number of hydrogen-bond donors (Lipinski definition) is 1. The summed E-state index contributed by atoms with van der Waals surface area (Å²) in [5.41, 5.74) is 0.684. The van der Waals surface area contributed by atoms with E-state index >= 15 is 0 Å². The van der Waals surface area contributed by atoms with Crippen molar-refractivity contribution in [3.8, 4) is 12.1 Å². The number of allylic oxidation sites excluding steroid dienone is 4. The van der Waals surface area contributed by atoms with Crippen molar-refractivity contribution in [1.82, 2.24) is 0 Å². The SMILES string of the molecule is C.CC1(C)C(=O)C(C#N)=C[C@]2(C)CCCC[C@@H]12.CC1(C)C(O)=C(C#N)C[C@]2(C)CCCC[C@@H]12.[2H][2H]. The van der Waals surface area contributed by atoms with Gasteiger partial charge in [-0.05, 0) is 54.8 Å². The number of fused-ring (bicyclic) bond motifs is 2. The molecule has 2 saturated carbocycles. The van der Waals surface area contributed by atoms with E-state index in [-0.39, 0.29) is 34.9 Å². The Morgan fingerprint density at radius 2 is 1.52 bits per heavy atom. The molecular formula is C29H46N2O2. The zero-order valence-corrected chi connectivity index (χ0v) is 20.8. The van der Waals surface area contributed by atoms with Gasteiger partial charge in [0, 0.05) is 13.8 Å². The summed E-state index contributed by atoms with van der Waals surface area (Å²) in [5.74, 6) is 1.31. The van der Waals surface area contributed by atoms with E-state index in [2.05, 4.69) is 39.8 Å². The number of carbonyl (C=O) groups is 1. The summed E-state index contributed by atoms with van der Waals surface area (Å²) in [6.07, 6.45) is 12.3. The maximum Gasteiger partial charge on any atom is 0.178 e. The van der Waals surface area contributed by atoms with Crippen molar-refractivity contribution < 1.29 is 12.9 Å². The molecule has 4 atom stereocenters. The number of nitrogens with zero attached hydrogens (tertiary/aromatic N) is 2. The van der Waals surface area contributed by atoms with Crippen LogP contribution in [-0.4, -0.2) is 10.9 Å². The molecule has 33 heavy (non-hydrogen) atoms. The average molecular weight is 457 g/mol. The van der Waals surface area contributed by atoms with Gasteiger partial charge in [-0.3, -0.25) is 4.79 Å². The molecule has 0 spiro atoms. The van der Waals surface area contributed by atoms with E-state index in [1.165, 1.54) is 38.5 Å². The van der Waals surface area contributed by atoms with E-state index in [9.17, 15) is 9.90 Å². The zero-order valence-electron chi connectivity index (χ0n) is 22.8. The molecule has 4 aliphatic carbocycles. The first-order valence-corrected chi connectivity index (χ1v) is 12.3. The number of carbonyl (C=O) groups excluding carboxylic acids is 1. The highest BCUT2D eigenvalue weighted by Gasteiger charge is 2.52. The quantitative estimate of drug-likeness (QED) is 0.399. The summed E-state index contributed by atoms with van der Waals surface area (Å²) < 4.78 is 10.0. The number of rotatable bonds is 0. The van der Waals surface area contributed by atoms with Gasteiger partial charge in [0.1, 0.15) is 11.8 Å². The molecule has 4 nitrogen and oxygen atoms in total. The van der Waals surface area contributed by atoms with Gasteiger partial charge in [-0.1, -0.05) is 80.7 Å². The second kappa shape index (κ2) is 9.29. The molecule has 0 radical (unpaired) electrons. The molecule has 0 amide bonds. The van der Waals surface area contributed by atoms with E-state index in [0.717, 1.165) is 19.3 Å². The largest absolute Gasteiger partial charge is 0.511 e. The Hall–Kier alpha value is -2.07. The molecule has 184 valence electrons. The van der Waals surface area contributed by atoms with Crippen LogP contribution in [0.4, 0.5) is 0 Å². The Bertz CT molecular complexity index is 937. The molecule has 4 aliphatic rings. The normalized spacial score (nSPS) is 36.6. The van der Waals surface area contributed by atoms with E-state index in [4.69, 9.17) is 13.5 Å². The summed E-state index contributed by atoms with van der Waals surface area (Å²) in [7, 11) is 0. The van der Waals surface area contributed by atoms with Crippen molar-refractivity contribution >= 4 is 5.78 Å². The zero-order chi connectivity index (χ0) is 25.9. The first kappa shape index (κ1) is 25.6.